The summed E-state index contributed by atoms with van der Waals surface area (Å²) in [7, 11) is 0. The van der Waals surface area contributed by atoms with E-state index in [-0.39, 0.29) is 12.0 Å². The lowest BCUT2D eigenvalue weighted by molar-refractivity contribution is -0.149. The molecule has 0 aromatic rings. The second kappa shape index (κ2) is 6.80. The highest BCUT2D eigenvalue weighted by Gasteiger charge is 2.23. The second-order valence-corrected chi connectivity index (χ2v) is 3.98. The molecule has 1 N–H and O–H groups in total. The van der Waals surface area contributed by atoms with Crippen LogP contribution >= 0.6 is 0 Å². The number of nitrogens with one attached hydrogen (secondary N) is 1. The normalized spacial score (nSPS) is 19.9. The lowest BCUT2D eigenvalue weighted by Gasteiger charge is -2.31. The van der Waals surface area contributed by atoms with Crippen LogP contribution in [0.2, 0.25) is 0 Å². The first kappa shape index (κ1) is 12.5. The molecule has 1 fully saturated rings. The number of rotatable bonds is 5. The highest BCUT2D eigenvalue weighted by molar-refractivity contribution is 5.75. The quantitative estimate of drug-likeness (QED) is 0.538. The first-order valence-electron chi connectivity index (χ1n) is 5.87. The van der Waals surface area contributed by atoms with E-state index in [2.05, 4.69) is 17.1 Å². The predicted molar refractivity (Wildman–Crippen MR) is 59.8 cm³/mol. The van der Waals surface area contributed by atoms with Crippen molar-refractivity contribution in [1.29, 1.82) is 0 Å². The van der Waals surface area contributed by atoms with Gasteiger partial charge in [0, 0.05) is 26.2 Å². The van der Waals surface area contributed by atoms with Crippen LogP contribution in [0.15, 0.2) is 0 Å². The largest absolute Gasteiger partial charge is 0.465 e. The fourth-order valence-electron chi connectivity index (χ4n) is 1.66. The monoisotopic (exact) mass is 214 g/mol. The van der Waals surface area contributed by atoms with E-state index < -0.39 is 0 Å². The molecule has 0 saturated carbocycles. The van der Waals surface area contributed by atoms with Crippen molar-refractivity contribution >= 4 is 5.97 Å². The first-order valence-corrected chi connectivity index (χ1v) is 5.87. The maximum atomic E-state index is 11.6. The van der Waals surface area contributed by atoms with Gasteiger partial charge in [-0.15, -0.1) is 0 Å². The molecule has 1 aliphatic heterocycles. The fraction of sp³-hybridized carbons (Fsp3) is 0.909. The molecule has 15 heavy (non-hydrogen) atoms. The minimum atomic E-state index is -0.0936. The molecule has 0 amide bonds. The Morgan fingerprint density at radius 2 is 2.13 bits per heavy atom. The molecule has 1 saturated heterocycles. The third-order valence-corrected chi connectivity index (χ3v) is 2.78. The molecule has 0 spiro atoms. The summed E-state index contributed by atoms with van der Waals surface area (Å²) in [6.45, 7) is 8.38. The number of nitrogens with zero attached hydrogens (tertiary/aromatic N) is 1. The van der Waals surface area contributed by atoms with Crippen LogP contribution in [0.4, 0.5) is 0 Å². The average molecular weight is 214 g/mol. The third-order valence-electron chi connectivity index (χ3n) is 2.78. The fourth-order valence-corrected chi connectivity index (χ4v) is 1.66. The van der Waals surface area contributed by atoms with Crippen molar-refractivity contribution in [2.45, 2.75) is 32.7 Å². The predicted octanol–water partition coefficient (Wildman–Crippen LogP) is 0.623. The zero-order valence-corrected chi connectivity index (χ0v) is 9.79. The number of esters is 1. The highest BCUT2D eigenvalue weighted by atomic mass is 16.5. The van der Waals surface area contributed by atoms with Crippen LogP contribution in [0.1, 0.15) is 26.7 Å². The Kier molecular flexibility index (Phi) is 5.65. The van der Waals surface area contributed by atoms with Crippen molar-refractivity contribution in [2.75, 3.05) is 32.8 Å². The van der Waals surface area contributed by atoms with Gasteiger partial charge in [-0.1, -0.05) is 13.3 Å². The Balaban J connectivity index is 2.24. The van der Waals surface area contributed by atoms with Crippen LogP contribution in [0.5, 0.6) is 0 Å². The first-order chi connectivity index (χ1) is 7.25. The SMILES string of the molecule is CCCCOC(=O)C(C)N1CCNCC1. The van der Waals surface area contributed by atoms with Gasteiger partial charge in [0.25, 0.3) is 0 Å². The molecule has 0 bridgehead atoms. The van der Waals surface area contributed by atoms with Crippen molar-refractivity contribution in [1.82, 2.24) is 10.2 Å². The second-order valence-electron chi connectivity index (χ2n) is 3.98. The number of carbonyl (C=O) groups is 1. The molecule has 0 aromatic heterocycles. The van der Waals surface area contributed by atoms with Crippen LogP contribution in [-0.4, -0.2) is 49.7 Å². The van der Waals surface area contributed by atoms with Gasteiger partial charge < -0.3 is 10.1 Å². The molecular formula is C11H22N2O2. The molecule has 4 heteroatoms. The Labute approximate surface area is 92.0 Å². The van der Waals surface area contributed by atoms with E-state index >= 15 is 0 Å². The van der Waals surface area contributed by atoms with Crippen molar-refractivity contribution in [3.8, 4) is 0 Å². The Hall–Kier alpha value is -0.610. The summed E-state index contributed by atoms with van der Waals surface area (Å²) in [5.41, 5.74) is 0. The minimum absolute atomic E-state index is 0.0784. The Bertz CT molecular complexity index is 191. The molecule has 1 atom stereocenters. The lowest BCUT2D eigenvalue weighted by Crippen LogP contribution is -2.50. The van der Waals surface area contributed by atoms with E-state index in [1.807, 2.05) is 6.92 Å². The number of hydrogen-bond acceptors (Lipinski definition) is 4. The summed E-state index contributed by atoms with van der Waals surface area (Å²) >= 11 is 0. The summed E-state index contributed by atoms with van der Waals surface area (Å²) in [5, 5.41) is 3.27. The summed E-state index contributed by atoms with van der Waals surface area (Å²) in [6.07, 6.45) is 2.02. The maximum absolute atomic E-state index is 11.6. The molecule has 0 radical (unpaired) electrons. The van der Waals surface area contributed by atoms with Crippen LogP contribution in [0.3, 0.4) is 0 Å². The molecule has 0 aromatic carbocycles. The van der Waals surface area contributed by atoms with E-state index in [1.165, 1.54) is 0 Å². The van der Waals surface area contributed by atoms with E-state index in [0.717, 1.165) is 39.0 Å². The van der Waals surface area contributed by atoms with Gasteiger partial charge in [0.1, 0.15) is 6.04 Å². The molecule has 88 valence electrons. The minimum Gasteiger partial charge on any atom is -0.465 e. The molecule has 4 nitrogen and oxygen atoms in total. The third kappa shape index (κ3) is 4.18. The Morgan fingerprint density at radius 1 is 1.47 bits per heavy atom. The summed E-state index contributed by atoms with van der Waals surface area (Å²) in [6, 6.07) is -0.0936. The zero-order valence-electron chi connectivity index (χ0n) is 9.79. The van der Waals surface area contributed by atoms with Gasteiger partial charge in [-0.3, -0.25) is 9.69 Å². The molecule has 0 aliphatic carbocycles. The highest BCUT2D eigenvalue weighted by Crippen LogP contribution is 2.03. The van der Waals surface area contributed by atoms with Gasteiger partial charge in [-0.05, 0) is 13.3 Å². The topological polar surface area (TPSA) is 41.6 Å². The number of unbranched alkanes of at least 4 members (excludes halogenated alkanes) is 1. The number of piperazine rings is 1. The van der Waals surface area contributed by atoms with E-state index in [9.17, 15) is 4.79 Å². The Morgan fingerprint density at radius 3 is 2.73 bits per heavy atom. The number of ether oxygens (including phenoxy) is 1. The van der Waals surface area contributed by atoms with E-state index in [0.29, 0.717) is 6.61 Å². The van der Waals surface area contributed by atoms with Crippen molar-refractivity contribution < 1.29 is 9.53 Å². The molecular weight excluding hydrogens is 192 g/mol. The number of hydrogen-bond donors (Lipinski definition) is 1. The summed E-state index contributed by atoms with van der Waals surface area (Å²) in [4.78, 5) is 13.8. The molecule has 1 aliphatic rings. The van der Waals surface area contributed by atoms with Gasteiger partial charge >= 0.3 is 5.97 Å². The molecule has 1 unspecified atom stereocenters. The van der Waals surface area contributed by atoms with Gasteiger partial charge in [-0.25, -0.2) is 0 Å². The van der Waals surface area contributed by atoms with Crippen LogP contribution in [0.25, 0.3) is 0 Å². The standard InChI is InChI=1S/C11H22N2O2/c1-3-4-9-15-11(14)10(2)13-7-5-12-6-8-13/h10,12H,3-9H2,1-2H3. The van der Waals surface area contributed by atoms with Crippen molar-refractivity contribution in [3.05, 3.63) is 0 Å². The van der Waals surface area contributed by atoms with E-state index in [4.69, 9.17) is 4.74 Å². The molecule has 1 rings (SSSR count). The summed E-state index contributed by atoms with van der Waals surface area (Å²) < 4.78 is 5.20. The van der Waals surface area contributed by atoms with Crippen LogP contribution < -0.4 is 5.32 Å². The van der Waals surface area contributed by atoms with Gasteiger partial charge in [0.05, 0.1) is 6.61 Å². The maximum Gasteiger partial charge on any atom is 0.323 e. The molecule has 1 heterocycles. The lowest BCUT2D eigenvalue weighted by atomic mass is 10.2. The van der Waals surface area contributed by atoms with Gasteiger partial charge in [-0.2, -0.15) is 0 Å². The zero-order chi connectivity index (χ0) is 11.1. The number of carbonyl (C=O) groups excluding carboxylic acids is 1. The van der Waals surface area contributed by atoms with E-state index in [1.54, 1.807) is 0 Å². The smallest absolute Gasteiger partial charge is 0.323 e. The van der Waals surface area contributed by atoms with Crippen LogP contribution in [-0.2, 0) is 9.53 Å². The van der Waals surface area contributed by atoms with Gasteiger partial charge in [0.2, 0.25) is 0 Å². The van der Waals surface area contributed by atoms with Crippen molar-refractivity contribution in [2.24, 2.45) is 0 Å². The summed E-state index contributed by atoms with van der Waals surface area (Å²) in [5.74, 6) is -0.0784. The van der Waals surface area contributed by atoms with Gasteiger partial charge in [0.15, 0.2) is 0 Å². The van der Waals surface area contributed by atoms with Crippen molar-refractivity contribution in [3.63, 3.8) is 0 Å². The van der Waals surface area contributed by atoms with Crippen LogP contribution in [0, 0.1) is 0 Å². The average Bonchev–Trinajstić information content (AvgIpc) is 2.29.